The maximum atomic E-state index is 12.2. The number of nitrogens with zero attached hydrogens (tertiary/aromatic N) is 2. The molecule has 2 aromatic rings. The number of carbonyl (C=O) groups is 1. The number of nitrogens with one attached hydrogen (secondary N) is 1. The summed E-state index contributed by atoms with van der Waals surface area (Å²) in [7, 11) is 2.15. The molecule has 1 fully saturated rings. The molecule has 1 amide bonds. The number of carbonyl (C=O) groups excluding carboxylic acids is 1. The van der Waals surface area contributed by atoms with Gasteiger partial charge in [-0.25, -0.2) is 0 Å². The van der Waals surface area contributed by atoms with E-state index in [1.165, 1.54) is 11.3 Å². The van der Waals surface area contributed by atoms with Crippen LogP contribution in [0.2, 0.25) is 0 Å². The minimum Gasteiger partial charge on any atom is -0.484 e. The van der Waals surface area contributed by atoms with Crippen LogP contribution in [0.4, 0.5) is 5.69 Å². The number of likely N-dealkylation sites (N-methyl/N-ethyl adjacent to an activating group) is 1. The predicted molar refractivity (Wildman–Crippen MR) is 114 cm³/mol. The topological polar surface area (TPSA) is 44.8 Å². The number of anilines is 1. The second kappa shape index (κ2) is 9.60. The average molecular weight is 382 g/mol. The lowest BCUT2D eigenvalue weighted by atomic mass is 10.0. The second-order valence-electron chi connectivity index (χ2n) is 7.71. The van der Waals surface area contributed by atoms with Crippen molar-refractivity contribution < 1.29 is 9.53 Å². The van der Waals surface area contributed by atoms with E-state index in [1.807, 2.05) is 30.3 Å². The zero-order chi connectivity index (χ0) is 19.9. The first-order chi connectivity index (χ1) is 13.5. The van der Waals surface area contributed by atoms with Gasteiger partial charge in [0.25, 0.3) is 5.91 Å². The van der Waals surface area contributed by atoms with Crippen molar-refractivity contribution in [3.63, 3.8) is 0 Å². The fourth-order valence-corrected chi connectivity index (χ4v) is 3.36. The van der Waals surface area contributed by atoms with Crippen LogP contribution in [-0.4, -0.2) is 50.6 Å². The van der Waals surface area contributed by atoms with Gasteiger partial charge in [0.15, 0.2) is 6.61 Å². The quantitative estimate of drug-likeness (QED) is 0.800. The molecular weight excluding hydrogens is 350 g/mol. The van der Waals surface area contributed by atoms with E-state index in [2.05, 4.69) is 54.2 Å². The van der Waals surface area contributed by atoms with E-state index in [0.29, 0.717) is 12.5 Å². The van der Waals surface area contributed by atoms with Crippen molar-refractivity contribution in [3.05, 3.63) is 59.7 Å². The molecule has 0 unspecified atom stereocenters. The fourth-order valence-electron chi connectivity index (χ4n) is 3.36. The standard InChI is InChI=1S/C23H31N3O2/c1-18(2)19-8-10-21(11-9-19)28-17-23(27)24-16-20-6-4-5-7-22(20)26-14-12-25(3)13-15-26/h4-11,18H,12-17H2,1-3H3,(H,24,27). The Morgan fingerprint density at radius 3 is 2.39 bits per heavy atom. The van der Waals surface area contributed by atoms with E-state index in [4.69, 9.17) is 4.74 Å². The Labute approximate surface area is 168 Å². The Balaban J connectivity index is 1.50. The lowest BCUT2D eigenvalue weighted by Gasteiger charge is -2.35. The van der Waals surface area contributed by atoms with Crippen molar-refractivity contribution in [2.75, 3.05) is 44.7 Å². The van der Waals surface area contributed by atoms with Gasteiger partial charge >= 0.3 is 0 Å². The molecule has 0 bridgehead atoms. The molecule has 5 nitrogen and oxygen atoms in total. The smallest absolute Gasteiger partial charge is 0.258 e. The van der Waals surface area contributed by atoms with Crippen molar-refractivity contribution in [2.45, 2.75) is 26.3 Å². The first-order valence-corrected chi connectivity index (χ1v) is 10.0. The summed E-state index contributed by atoms with van der Waals surface area (Å²) < 4.78 is 5.62. The van der Waals surface area contributed by atoms with Gasteiger partial charge in [-0.15, -0.1) is 0 Å². The van der Waals surface area contributed by atoms with Crippen LogP contribution in [0.3, 0.4) is 0 Å². The van der Waals surface area contributed by atoms with Gasteiger partial charge in [-0.3, -0.25) is 4.79 Å². The Hall–Kier alpha value is -2.53. The zero-order valence-corrected chi connectivity index (χ0v) is 17.1. The van der Waals surface area contributed by atoms with Crippen LogP contribution >= 0.6 is 0 Å². The van der Waals surface area contributed by atoms with Crippen molar-refractivity contribution in [1.29, 1.82) is 0 Å². The third kappa shape index (κ3) is 5.49. The Morgan fingerprint density at radius 1 is 1.04 bits per heavy atom. The number of piperazine rings is 1. The van der Waals surface area contributed by atoms with Gasteiger partial charge in [0, 0.05) is 38.4 Å². The molecule has 150 valence electrons. The van der Waals surface area contributed by atoms with E-state index in [1.54, 1.807) is 0 Å². The van der Waals surface area contributed by atoms with Crippen molar-refractivity contribution >= 4 is 11.6 Å². The first kappa shape index (κ1) is 20.2. The monoisotopic (exact) mass is 381 g/mol. The molecule has 3 rings (SSSR count). The Kier molecular flexibility index (Phi) is 6.93. The van der Waals surface area contributed by atoms with Gasteiger partial charge in [-0.05, 0) is 42.3 Å². The van der Waals surface area contributed by atoms with Gasteiger partial charge in [-0.2, -0.15) is 0 Å². The molecule has 2 aromatic carbocycles. The highest BCUT2D eigenvalue weighted by molar-refractivity contribution is 5.77. The predicted octanol–water partition coefficient (Wildman–Crippen LogP) is 3.26. The summed E-state index contributed by atoms with van der Waals surface area (Å²) in [6.07, 6.45) is 0. The SMILES string of the molecule is CC(C)c1ccc(OCC(=O)NCc2ccccc2N2CCN(C)CC2)cc1. The molecule has 1 saturated heterocycles. The van der Waals surface area contributed by atoms with Crippen LogP contribution in [0.15, 0.2) is 48.5 Å². The van der Waals surface area contributed by atoms with Crippen LogP contribution in [0.25, 0.3) is 0 Å². The van der Waals surface area contributed by atoms with Crippen molar-refractivity contribution in [1.82, 2.24) is 10.2 Å². The molecule has 1 heterocycles. The summed E-state index contributed by atoms with van der Waals surface area (Å²) >= 11 is 0. The maximum Gasteiger partial charge on any atom is 0.258 e. The van der Waals surface area contributed by atoms with Gasteiger partial charge < -0.3 is 19.9 Å². The highest BCUT2D eigenvalue weighted by Crippen LogP contribution is 2.22. The molecular formula is C23H31N3O2. The fraction of sp³-hybridized carbons (Fsp3) is 0.435. The average Bonchev–Trinajstić information content (AvgIpc) is 2.72. The third-order valence-electron chi connectivity index (χ3n) is 5.23. The van der Waals surface area contributed by atoms with E-state index < -0.39 is 0 Å². The molecule has 1 aliphatic rings. The lowest BCUT2D eigenvalue weighted by molar-refractivity contribution is -0.123. The molecule has 0 radical (unpaired) electrons. The molecule has 28 heavy (non-hydrogen) atoms. The molecule has 0 atom stereocenters. The summed E-state index contributed by atoms with van der Waals surface area (Å²) in [4.78, 5) is 17.0. The zero-order valence-electron chi connectivity index (χ0n) is 17.1. The van der Waals surface area contributed by atoms with E-state index >= 15 is 0 Å². The minimum atomic E-state index is -0.110. The Morgan fingerprint density at radius 2 is 1.71 bits per heavy atom. The molecule has 0 aromatic heterocycles. The van der Waals surface area contributed by atoms with E-state index in [0.717, 1.165) is 37.5 Å². The van der Waals surface area contributed by atoms with Crippen LogP contribution < -0.4 is 15.0 Å². The lowest BCUT2D eigenvalue weighted by Crippen LogP contribution is -2.45. The van der Waals surface area contributed by atoms with Crippen LogP contribution in [-0.2, 0) is 11.3 Å². The van der Waals surface area contributed by atoms with Crippen molar-refractivity contribution in [2.24, 2.45) is 0 Å². The number of ether oxygens (including phenoxy) is 1. The van der Waals surface area contributed by atoms with Crippen LogP contribution in [0.5, 0.6) is 5.75 Å². The summed E-state index contributed by atoms with van der Waals surface area (Å²) in [5.41, 5.74) is 3.61. The summed E-state index contributed by atoms with van der Waals surface area (Å²) in [6.45, 7) is 8.99. The third-order valence-corrected chi connectivity index (χ3v) is 5.23. The number of rotatable bonds is 7. The number of amides is 1. The normalized spacial score (nSPS) is 14.9. The summed E-state index contributed by atoms with van der Waals surface area (Å²) in [5, 5.41) is 2.99. The van der Waals surface area contributed by atoms with Gasteiger partial charge in [0.05, 0.1) is 0 Å². The maximum absolute atomic E-state index is 12.2. The number of benzene rings is 2. The van der Waals surface area contributed by atoms with E-state index in [-0.39, 0.29) is 12.5 Å². The molecule has 0 spiro atoms. The van der Waals surface area contributed by atoms with Crippen molar-refractivity contribution in [3.8, 4) is 5.75 Å². The summed E-state index contributed by atoms with van der Waals surface area (Å²) in [5.74, 6) is 1.09. The highest BCUT2D eigenvalue weighted by atomic mass is 16.5. The van der Waals surface area contributed by atoms with Gasteiger partial charge in [0.1, 0.15) is 5.75 Å². The van der Waals surface area contributed by atoms with Crippen LogP contribution in [0.1, 0.15) is 30.9 Å². The Bertz CT molecular complexity index is 766. The first-order valence-electron chi connectivity index (χ1n) is 10.0. The molecule has 1 aliphatic heterocycles. The molecule has 0 saturated carbocycles. The van der Waals surface area contributed by atoms with E-state index in [9.17, 15) is 4.79 Å². The summed E-state index contributed by atoms with van der Waals surface area (Å²) in [6, 6.07) is 16.2. The van der Waals surface area contributed by atoms with Gasteiger partial charge in [-0.1, -0.05) is 44.2 Å². The number of para-hydroxylation sites is 1. The second-order valence-corrected chi connectivity index (χ2v) is 7.71. The van der Waals surface area contributed by atoms with Crippen LogP contribution in [0, 0.1) is 0 Å². The molecule has 1 N–H and O–H groups in total. The molecule has 5 heteroatoms. The number of hydrogen-bond donors (Lipinski definition) is 1. The minimum absolute atomic E-state index is 0.0255. The van der Waals surface area contributed by atoms with Gasteiger partial charge in [0.2, 0.25) is 0 Å². The largest absolute Gasteiger partial charge is 0.484 e. The molecule has 0 aliphatic carbocycles. The highest BCUT2D eigenvalue weighted by Gasteiger charge is 2.17. The number of hydrogen-bond acceptors (Lipinski definition) is 4.